The van der Waals surface area contributed by atoms with Crippen LogP contribution in [-0.2, 0) is 11.3 Å². The number of amides is 1. The van der Waals surface area contributed by atoms with E-state index in [0.29, 0.717) is 18.7 Å². The third-order valence-electron chi connectivity index (χ3n) is 5.09. The fourth-order valence-electron chi connectivity index (χ4n) is 3.94. The molecule has 120 valence electrons. The average Bonchev–Trinajstić information content (AvgIpc) is 3.16. The number of nitrogens with zero attached hydrogens (tertiary/aromatic N) is 2. The monoisotopic (exact) mass is 302 g/mol. The molecule has 3 rings (SSSR count). The summed E-state index contributed by atoms with van der Waals surface area (Å²) in [4.78, 5) is 17.4. The minimum absolute atomic E-state index is 0.187. The van der Waals surface area contributed by atoms with Crippen LogP contribution in [0.3, 0.4) is 0 Å². The van der Waals surface area contributed by atoms with Crippen molar-refractivity contribution in [3.8, 4) is 0 Å². The van der Waals surface area contributed by atoms with Crippen LogP contribution in [-0.4, -0.2) is 55.0 Å². The van der Waals surface area contributed by atoms with E-state index in [4.69, 9.17) is 4.74 Å². The van der Waals surface area contributed by atoms with Crippen LogP contribution in [0.5, 0.6) is 0 Å². The van der Waals surface area contributed by atoms with Crippen molar-refractivity contribution in [2.75, 3.05) is 27.2 Å². The van der Waals surface area contributed by atoms with E-state index < -0.39 is 0 Å². The van der Waals surface area contributed by atoms with Crippen molar-refractivity contribution in [2.24, 2.45) is 0 Å². The highest BCUT2D eigenvalue weighted by Crippen LogP contribution is 2.30. The Bertz CT molecular complexity index is 514. The number of likely N-dealkylation sites (N-methyl/N-ethyl adjacent to an activating group) is 1. The Balaban J connectivity index is 1.72. The van der Waals surface area contributed by atoms with Crippen LogP contribution in [0.15, 0.2) is 24.3 Å². The molecule has 2 aliphatic rings. The molecule has 4 nitrogen and oxygen atoms in total. The molecule has 0 spiro atoms. The van der Waals surface area contributed by atoms with Gasteiger partial charge in [0.25, 0.3) is 5.91 Å². The third kappa shape index (κ3) is 3.03. The third-order valence-corrected chi connectivity index (χ3v) is 5.09. The van der Waals surface area contributed by atoms with Gasteiger partial charge in [-0.25, -0.2) is 0 Å². The Morgan fingerprint density at radius 1 is 1.14 bits per heavy atom. The van der Waals surface area contributed by atoms with Crippen molar-refractivity contribution in [1.82, 2.24) is 9.80 Å². The van der Waals surface area contributed by atoms with E-state index in [-0.39, 0.29) is 5.91 Å². The van der Waals surface area contributed by atoms with Gasteiger partial charge in [-0.05, 0) is 57.0 Å². The maximum absolute atomic E-state index is 12.9. The number of methoxy groups -OCH3 is 1. The lowest BCUT2D eigenvalue weighted by atomic mass is 10.0. The van der Waals surface area contributed by atoms with Crippen molar-refractivity contribution < 1.29 is 9.53 Å². The predicted molar refractivity (Wildman–Crippen MR) is 86.9 cm³/mol. The molecule has 1 aromatic rings. The summed E-state index contributed by atoms with van der Waals surface area (Å²) in [5.41, 5.74) is 1.90. The molecule has 22 heavy (non-hydrogen) atoms. The molecule has 0 radical (unpaired) electrons. The van der Waals surface area contributed by atoms with Crippen LogP contribution >= 0.6 is 0 Å². The lowest BCUT2D eigenvalue weighted by Crippen LogP contribution is -2.47. The molecular weight excluding hydrogens is 276 g/mol. The van der Waals surface area contributed by atoms with Crippen LogP contribution in [0.4, 0.5) is 0 Å². The van der Waals surface area contributed by atoms with Crippen molar-refractivity contribution in [2.45, 2.75) is 44.4 Å². The van der Waals surface area contributed by atoms with Gasteiger partial charge in [-0.1, -0.05) is 12.1 Å². The molecule has 0 aromatic heterocycles. The van der Waals surface area contributed by atoms with E-state index in [1.165, 1.54) is 12.8 Å². The standard InChI is InChI=1S/C18H26N2O2/c1-19-11-3-5-16(19)17-6-4-12-20(17)18(21)15-9-7-14(8-10-15)13-22-2/h7-10,16-17H,3-6,11-13H2,1-2H3. The number of likely N-dealkylation sites (tertiary alicyclic amines) is 2. The van der Waals surface area contributed by atoms with Gasteiger partial charge in [0.1, 0.15) is 0 Å². The molecule has 2 heterocycles. The van der Waals surface area contributed by atoms with E-state index in [1.807, 2.05) is 24.3 Å². The second-order valence-corrected chi connectivity index (χ2v) is 6.53. The summed E-state index contributed by atoms with van der Waals surface area (Å²) in [6.45, 7) is 2.65. The summed E-state index contributed by atoms with van der Waals surface area (Å²) in [7, 11) is 3.88. The second kappa shape index (κ2) is 6.80. The summed E-state index contributed by atoms with van der Waals surface area (Å²) in [5, 5.41) is 0. The van der Waals surface area contributed by atoms with E-state index in [0.717, 1.165) is 37.1 Å². The van der Waals surface area contributed by atoms with E-state index in [1.54, 1.807) is 7.11 Å². The highest BCUT2D eigenvalue weighted by atomic mass is 16.5. The molecule has 2 saturated heterocycles. The fourth-order valence-corrected chi connectivity index (χ4v) is 3.94. The normalized spacial score (nSPS) is 25.8. The van der Waals surface area contributed by atoms with E-state index in [2.05, 4.69) is 16.8 Å². The summed E-state index contributed by atoms with van der Waals surface area (Å²) >= 11 is 0. The van der Waals surface area contributed by atoms with Gasteiger partial charge < -0.3 is 14.5 Å². The highest BCUT2D eigenvalue weighted by Gasteiger charge is 2.38. The molecule has 2 unspecified atom stereocenters. The predicted octanol–water partition coefficient (Wildman–Crippen LogP) is 2.53. The molecule has 4 heteroatoms. The molecule has 2 atom stereocenters. The quantitative estimate of drug-likeness (QED) is 0.857. The van der Waals surface area contributed by atoms with Crippen molar-refractivity contribution in [3.63, 3.8) is 0 Å². The zero-order valence-corrected chi connectivity index (χ0v) is 13.6. The first-order valence-corrected chi connectivity index (χ1v) is 8.30. The SMILES string of the molecule is COCc1ccc(C(=O)N2CCCC2C2CCCN2C)cc1. The molecular formula is C18H26N2O2. The number of ether oxygens (including phenoxy) is 1. The summed E-state index contributed by atoms with van der Waals surface area (Å²) < 4.78 is 5.12. The zero-order valence-electron chi connectivity index (χ0n) is 13.6. The number of hydrogen-bond donors (Lipinski definition) is 0. The number of carbonyl (C=O) groups is 1. The number of benzene rings is 1. The van der Waals surface area contributed by atoms with Crippen molar-refractivity contribution >= 4 is 5.91 Å². The summed E-state index contributed by atoms with van der Waals surface area (Å²) in [6, 6.07) is 8.78. The number of rotatable bonds is 4. The summed E-state index contributed by atoms with van der Waals surface area (Å²) in [6.07, 6.45) is 4.74. The summed E-state index contributed by atoms with van der Waals surface area (Å²) in [5.74, 6) is 0.187. The molecule has 1 aromatic carbocycles. The zero-order chi connectivity index (χ0) is 15.5. The fraction of sp³-hybridized carbons (Fsp3) is 0.611. The van der Waals surface area contributed by atoms with Gasteiger partial charge in [-0.15, -0.1) is 0 Å². The van der Waals surface area contributed by atoms with Crippen LogP contribution in [0.25, 0.3) is 0 Å². The molecule has 0 saturated carbocycles. The molecule has 0 N–H and O–H groups in total. The van der Waals surface area contributed by atoms with Crippen molar-refractivity contribution in [3.05, 3.63) is 35.4 Å². The van der Waals surface area contributed by atoms with Crippen LogP contribution < -0.4 is 0 Å². The number of carbonyl (C=O) groups excluding carboxylic acids is 1. The maximum atomic E-state index is 12.9. The highest BCUT2D eigenvalue weighted by molar-refractivity contribution is 5.94. The number of hydrogen-bond acceptors (Lipinski definition) is 3. The van der Waals surface area contributed by atoms with Crippen LogP contribution in [0, 0.1) is 0 Å². The first-order valence-electron chi connectivity index (χ1n) is 8.30. The Morgan fingerprint density at radius 3 is 2.45 bits per heavy atom. The average molecular weight is 302 g/mol. The Labute approximate surface area is 133 Å². The van der Waals surface area contributed by atoms with Crippen molar-refractivity contribution in [1.29, 1.82) is 0 Å². The Kier molecular flexibility index (Phi) is 4.79. The maximum Gasteiger partial charge on any atom is 0.254 e. The van der Waals surface area contributed by atoms with Crippen LogP contribution in [0.2, 0.25) is 0 Å². The van der Waals surface area contributed by atoms with Gasteiger partial charge in [0.15, 0.2) is 0 Å². The minimum Gasteiger partial charge on any atom is -0.380 e. The Hall–Kier alpha value is -1.39. The largest absolute Gasteiger partial charge is 0.380 e. The first kappa shape index (κ1) is 15.5. The molecule has 0 bridgehead atoms. The van der Waals surface area contributed by atoms with Gasteiger partial charge in [0, 0.05) is 31.3 Å². The second-order valence-electron chi connectivity index (χ2n) is 6.53. The minimum atomic E-state index is 0.187. The molecule has 0 aliphatic carbocycles. The van der Waals surface area contributed by atoms with Gasteiger partial charge in [0.2, 0.25) is 0 Å². The van der Waals surface area contributed by atoms with Gasteiger partial charge in [-0.3, -0.25) is 4.79 Å². The van der Waals surface area contributed by atoms with Gasteiger partial charge in [-0.2, -0.15) is 0 Å². The van der Waals surface area contributed by atoms with E-state index in [9.17, 15) is 4.79 Å². The Morgan fingerprint density at radius 2 is 1.82 bits per heavy atom. The lowest BCUT2D eigenvalue weighted by molar-refractivity contribution is 0.0664. The first-order chi connectivity index (χ1) is 10.7. The lowest BCUT2D eigenvalue weighted by Gasteiger charge is -2.33. The van der Waals surface area contributed by atoms with Gasteiger partial charge in [0.05, 0.1) is 6.61 Å². The van der Waals surface area contributed by atoms with Crippen LogP contribution in [0.1, 0.15) is 41.6 Å². The molecule has 2 aliphatic heterocycles. The molecule has 1 amide bonds. The topological polar surface area (TPSA) is 32.8 Å². The van der Waals surface area contributed by atoms with E-state index >= 15 is 0 Å². The van der Waals surface area contributed by atoms with Gasteiger partial charge >= 0.3 is 0 Å². The molecule has 2 fully saturated rings. The smallest absolute Gasteiger partial charge is 0.254 e.